The van der Waals surface area contributed by atoms with Crippen LogP contribution < -0.4 is 0 Å². The molecule has 0 spiro atoms. The Labute approximate surface area is 118 Å². The molecule has 20 heavy (non-hydrogen) atoms. The van der Waals surface area contributed by atoms with Crippen LogP contribution in [-0.2, 0) is 22.5 Å². The molecule has 1 atom stereocenters. The van der Waals surface area contributed by atoms with Crippen LogP contribution in [-0.4, -0.2) is 54.1 Å². The lowest BCUT2D eigenvalue weighted by molar-refractivity contribution is -0.140. The van der Waals surface area contributed by atoms with Gasteiger partial charge in [0.25, 0.3) is 0 Å². The number of hydrogen-bond donors (Lipinski definition) is 1. The molecule has 1 N–H and O–H groups in total. The summed E-state index contributed by atoms with van der Waals surface area (Å²) in [5.74, 6) is -0.399. The maximum Gasteiger partial charge on any atom is 0.306 e. The van der Waals surface area contributed by atoms with Crippen LogP contribution >= 0.6 is 11.5 Å². The number of aromatic nitrogens is 6. The highest BCUT2D eigenvalue weighted by Gasteiger charge is 2.20. The summed E-state index contributed by atoms with van der Waals surface area (Å²) in [4.78, 5) is 11.5. The average molecular weight is 298 g/mol. The monoisotopic (exact) mass is 298 g/mol. The molecule has 0 fully saturated rings. The number of methoxy groups -OCH3 is 1. The number of tetrazole rings is 1. The predicted molar refractivity (Wildman–Crippen MR) is 69.1 cm³/mol. The first kappa shape index (κ1) is 14.5. The van der Waals surface area contributed by atoms with Crippen molar-refractivity contribution in [2.24, 2.45) is 0 Å². The molecular weight excluding hydrogens is 284 g/mol. The zero-order valence-corrected chi connectivity index (χ0v) is 11.9. The second kappa shape index (κ2) is 6.48. The van der Waals surface area contributed by atoms with Gasteiger partial charge in [-0.3, -0.25) is 4.79 Å². The number of ether oxygens (including phenoxy) is 1. The van der Waals surface area contributed by atoms with Gasteiger partial charge in [-0.2, -0.15) is 0 Å². The van der Waals surface area contributed by atoms with Crippen molar-refractivity contribution in [3.63, 3.8) is 0 Å². The Balaban J connectivity index is 2.22. The molecule has 0 aliphatic heterocycles. The van der Waals surface area contributed by atoms with Crippen LogP contribution in [0, 0.1) is 0 Å². The van der Waals surface area contributed by atoms with Crippen molar-refractivity contribution in [2.75, 3.05) is 7.11 Å². The van der Waals surface area contributed by atoms with E-state index >= 15 is 0 Å². The van der Waals surface area contributed by atoms with Crippen molar-refractivity contribution in [1.82, 2.24) is 29.8 Å². The van der Waals surface area contributed by atoms with Gasteiger partial charge in [0.15, 0.2) is 5.82 Å². The lowest BCUT2D eigenvalue weighted by Gasteiger charge is -2.13. The Morgan fingerprint density at radius 3 is 2.95 bits per heavy atom. The summed E-state index contributed by atoms with van der Waals surface area (Å²) in [6.45, 7) is 2.23. The lowest BCUT2D eigenvalue weighted by atomic mass is 10.2. The average Bonchev–Trinajstić information content (AvgIpc) is 3.04. The van der Waals surface area contributed by atoms with Gasteiger partial charge in [0.05, 0.1) is 24.8 Å². The first-order valence-electron chi connectivity index (χ1n) is 5.98. The van der Waals surface area contributed by atoms with Crippen LogP contribution in [0.25, 0.3) is 10.7 Å². The Kier molecular flexibility index (Phi) is 4.69. The third-order valence-corrected chi connectivity index (χ3v) is 3.50. The minimum absolute atomic E-state index is 0.114. The first-order valence-corrected chi connectivity index (χ1v) is 6.75. The van der Waals surface area contributed by atoms with Crippen molar-refractivity contribution in [2.45, 2.75) is 32.4 Å². The number of nitrogens with zero attached hydrogens (tertiary/aromatic N) is 6. The van der Waals surface area contributed by atoms with Crippen LogP contribution in [0.1, 0.15) is 19.0 Å². The summed E-state index contributed by atoms with van der Waals surface area (Å²) in [7, 11) is 1.46. The SMILES string of the molecule is CCc1nnsc1-c1nnnn1CC(CC(=O)O)OC. The molecule has 1 unspecified atom stereocenters. The molecule has 0 aliphatic carbocycles. The molecule has 0 saturated carbocycles. The number of carboxylic acid groups (broad SMARTS) is 1. The Morgan fingerprint density at radius 1 is 1.50 bits per heavy atom. The molecule has 108 valence electrons. The topological polar surface area (TPSA) is 116 Å². The summed E-state index contributed by atoms with van der Waals surface area (Å²) >= 11 is 1.21. The van der Waals surface area contributed by atoms with Gasteiger partial charge in [-0.1, -0.05) is 11.4 Å². The van der Waals surface area contributed by atoms with E-state index in [-0.39, 0.29) is 13.0 Å². The van der Waals surface area contributed by atoms with Crippen LogP contribution in [0.4, 0.5) is 0 Å². The number of aryl methyl sites for hydroxylation is 1. The standard InChI is InChI=1S/C10H14N6O3S/c1-3-7-9(20-15-11-7)10-12-13-14-16(10)5-6(19-2)4-8(17)18/h6H,3-5H2,1-2H3,(H,17,18). The molecule has 2 aromatic rings. The quantitative estimate of drug-likeness (QED) is 0.773. The van der Waals surface area contributed by atoms with Gasteiger partial charge in [0.2, 0.25) is 0 Å². The van der Waals surface area contributed by atoms with Gasteiger partial charge in [-0.15, -0.1) is 10.2 Å². The smallest absolute Gasteiger partial charge is 0.306 e. The normalized spacial score (nSPS) is 12.5. The van der Waals surface area contributed by atoms with Gasteiger partial charge >= 0.3 is 5.97 Å². The van der Waals surface area contributed by atoms with Crippen molar-refractivity contribution >= 4 is 17.5 Å². The van der Waals surface area contributed by atoms with Crippen LogP contribution in [0.5, 0.6) is 0 Å². The highest BCUT2D eigenvalue weighted by atomic mass is 32.1. The van der Waals surface area contributed by atoms with Gasteiger partial charge in [0.1, 0.15) is 4.88 Å². The van der Waals surface area contributed by atoms with Gasteiger partial charge in [-0.05, 0) is 28.4 Å². The fourth-order valence-electron chi connectivity index (χ4n) is 1.71. The molecule has 0 aliphatic rings. The van der Waals surface area contributed by atoms with Crippen molar-refractivity contribution in [3.8, 4) is 10.7 Å². The molecular formula is C10H14N6O3S. The minimum Gasteiger partial charge on any atom is -0.481 e. The number of hydrogen-bond acceptors (Lipinski definition) is 8. The second-order valence-corrected chi connectivity index (χ2v) is 4.80. The van der Waals surface area contributed by atoms with E-state index in [1.807, 2.05) is 6.92 Å². The van der Waals surface area contributed by atoms with E-state index in [1.54, 1.807) is 0 Å². The van der Waals surface area contributed by atoms with Gasteiger partial charge < -0.3 is 9.84 Å². The summed E-state index contributed by atoms with van der Waals surface area (Å²) < 4.78 is 10.6. The van der Waals surface area contributed by atoms with E-state index in [2.05, 4.69) is 25.1 Å². The molecule has 0 amide bonds. The van der Waals surface area contributed by atoms with E-state index in [9.17, 15) is 4.79 Å². The fraction of sp³-hybridized carbons (Fsp3) is 0.600. The highest BCUT2D eigenvalue weighted by molar-refractivity contribution is 7.09. The molecule has 2 heterocycles. The largest absolute Gasteiger partial charge is 0.481 e. The molecule has 9 nitrogen and oxygen atoms in total. The third kappa shape index (κ3) is 3.14. The summed E-state index contributed by atoms with van der Waals surface area (Å²) in [5, 5.41) is 24.3. The molecule has 2 rings (SSSR count). The van der Waals surface area contributed by atoms with E-state index in [0.717, 1.165) is 17.0 Å². The summed E-state index contributed by atoms with van der Waals surface area (Å²) in [5.41, 5.74) is 0.818. The molecule has 0 radical (unpaired) electrons. The molecule has 2 aromatic heterocycles. The van der Waals surface area contributed by atoms with E-state index in [0.29, 0.717) is 5.82 Å². The third-order valence-electron chi connectivity index (χ3n) is 2.74. The molecule has 0 aromatic carbocycles. The Morgan fingerprint density at radius 2 is 2.30 bits per heavy atom. The zero-order valence-electron chi connectivity index (χ0n) is 11.1. The van der Waals surface area contributed by atoms with Crippen LogP contribution in [0.15, 0.2) is 0 Å². The Hall–Kier alpha value is -1.94. The van der Waals surface area contributed by atoms with Gasteiger partial charge in [-0.25, -0.2) is 4.68 Å². The Bertz CT molecular complexity index is 583. The maximum atomic E-state index is 10.8. The summed E-state index contributed by atoms with van der Waals surface area (Å²) in [6, 6.07) is 0. The lowest BCUT2D eigenvalue weighted by Crippen LogP contribution is -2.23. The molecule has 0 saturated heterocycles. The van der Waals surface area contributed by atoms with E-state index in [4.69, 9.17) is 9.84 Å². The molecule has 10 heteroatoms. The van der Waals surface area contributed by atoms with Crippen LogP contribution in [0.2, 0.25) is 0 Å². The van der Waals surface area contributed by atoms with E-state index < -0.39 is 12.1 Å². The van der Waals surface area contributed by atoms with Crippen LogP contribution in [0.3, 0.4) is 0 Å². The van der Waals surface area contributed by atoms with E-state index in [1.165, 1.54) is 23.3 Å². The van der Waals surface area contributed by atoms with Crippen molar-refractivity contribution < 1.29 is 14.6 Å². The van der Waals surface area contributed by atoms with Crippen molar-refractivity contribution in [3.05, 3.63) is 5.69 Å². The van der Waals surface area contributed by atoms with Gasteiger partial charge in [0, 0.05) is 7.11 Å². The summed E-state index contributed by atoms with van der Waals surface area (Å²) in [6.07, 6.45) is 0.111. The fourth-order valence-corrected chi connectivity index (χ4v) is 2.45. The number of rotatable bonds is 7. The zero-order chi connectivity index (χ0) is 14.5. The van der Waals surface area contributed by atoms with Crippen molar-refractivity contribution in [1.29, 1.82) is 0 Å². The number of aliphatic carboxylic acids is 1. The maximum absolute atomic E-state index is 10.8. The number of carbonyl (C=O) groups is 1. The number of carboxylic acids is 1. The highest BCUT2D eigenvalue weighted by Crippen LogP contribution is 2.24. The predicted octanol–water partition coefficient (Wildman–Crippen LogP) is 0.244. The molecule has 0 bridgehead atoms. The second-order valence-electron chi connectivity index (χ2n) is 4.04. The minimum atomic E-state index is -0.930. The first-order chi connectivity index (χ1) is 9.65.